The highest BCUT2D eigenvalue weighted by Crippen LogP contribution is 2.35. The molecule has 0 aliphatic heterocycles. The fraction of sp³-hybridized carbons (Fsp3) is 0.190. The molecule has 4 heteroatoms. The molecule has 25 heavy (non-hydrogen) atoms. The molecule has 128 valence electrons. The Balaban J connectivity index is 2.34. The first-order valence-electron chi connectivity index (χ1n) is 8.24. The molecule has 3 nitrogen and oxygen atoms in total. The van der Waals surface area contributed by atoms with E-state index in [4.69, 9.17) is 0 Å². The van der Waals surface area contributed by atoms with Crippen molar-refractivity contribution >= 4 is 5.97 Å². The number of aryl methyl sites for hydroxylation is 1. The van der Waals surface area contributed by atoms with Crippen molar-refractivity contribution in [1.29, 1.82) is 0 Å². The Morgan fingerprint density at radius 1 is 1.04 bits per heavy atom. The smallest absolute Gasteiger partial charge is 0.338 e. The quantitative estimate of drug-likeness (QED) is 0.714. The van der Waals surface area contributed by atoms with Crippen molar-refractivity contribution in [2.24, 2.45) is 0 Å². The number of hydrogen-bond acceptors (Lipinski definition) is 1. The zero-order valence-electron chi connectivity index (χ0n) is 14.5. The van der Waals surface area contributed by atoms with Gasteiger partial charge in [-0.05, 0) is 50.1 Å². The number of benzene rings is 2. The number of carbonyl (C=O) groups is 1. The molecule has 0 amide bonds. The van der Waals surface area contributed by atoms with Gasteiger partial charge in [-0.15, -0.1) is 0 Å². The SMILES string of the molecule is CCc1c(-c2ccc(F)cc2)c(C(=O)O)c(C)n1-c1ccc(C)cc1. The van der Waals surface area contributed by atoms with Gasteiger partial charge in [0, 0.05) is 22.6 Å². The average Bonchev–Trinajstić information content (AvgIpc) is 2.89. The second-order valence-corrected chi connectivity index (χ2v) is 6.12. The van der Waals surface area contributed by atoms with Crippen LogP contribution >= 0.6 is 0 Å². The zero-order valence-corrected chi connectivity index (χ0v) is 14.5. The maximum absolute atomic E-state index is 13.3. The van der Waals surface area contributed by atoms with Crippen molar-refractivity contribution in [2.45, 2.75) is 27.2 Å². The summed E-state index contributed by atoms with van der Waals surface area (Å²) in [6.45, 7) is 5.83. The van der Waals surface area contributed by atoms with Crippen LogP contribution in [0.3, 0.4) is 0 Å². The van der Waals surface area contributed by atoms with Crippen LogP contribution in [0.1, 0.15) is 34.2 Å². The van der Waals surface area contributed by atoms with Gasteiger partial charge in [-0.1, -0.05) is 36.8 Å². The molecule has 0 fully saturated rings. The average molecular weight is 337 g/mol. The Morgan fingerprint density at radius 3 is 2.16 bits per heavy atom. The third-order valence-corrected chi connectivity index (χ3v) is 4.48. The fourth-order valence-electron chi connectivity index (χ4n) is 3.32. The zero-order chi connectivity index (χ0) is 18.1. The minimum Gasteiger partial charge on any atom is -0.478 e. The summed E-state index contributed by atoms with van der Waals surface area (Å²) in [4.78, 5) is 12.0. The van der Waals surface area contributed by atoms with E-state index in [1.165, 1.54) is 12.1 Å². The van der Waals surface area contributed by atoms with Crippen LogP contribution in [0.25, 0.3) is 16.8 Å². The van der Waals surface area contributed by atoms with Gasteiger partial charge in [0.25, 0.3) is 0 Å². The summed E-state index contributed by atoms with van der Waals surface area (Å²) >= 11 is 0. The van der Waals surface area contributed by atoms with Gasteiger partial charge in [0.1, 0.15) is 5.82 Å². The Hall–Kier alpha value is -2.88. The minimum atomic E-state index is -0.975. The second-order valence-electron chi connectivity index (χ2n) is 6.12. The Labute approximate surface area is 146 Å². The molecule has 1 N–H and O–H groups in total. The van der Waals surface area contributed by atoms with Crippen molar-refractivity contribution in [1.82, 2.24) is 4.57 Å². The van der Waals surface area contributed by atoms with E-state index < -0.39 is 5.97 Å². The molecule has 0 saturated carbocycles. The number of carboxylic acid groups (broad SMARTS) is 1. The molecule has 0 unspecified atom stereocenters. The van der Waals surface area contributed by atoms with Crippen molar-refractivity contribution in [3.05, 3.63) is 76.9 Å². The number of aromatic nitrogens is 1. The summed E-state index contributed by atoms with van der Waals surface area (Å²) in [5, 5.41) is 9.80. The van der Waals surface area contributed by atoms with E-state index >= 15 is 0 Å². The Bertz CT molecular complexity index is 922. The van der Waals surface area contributed by atoms with Gasteiger partial charge in [0.05, 0.1) is 5.56 Å². The third kappa shape index (κ3) is 2.95. The van der Waals surface area contributed by atoms with E-state index in [1.807, 2.05) is 49.6 Å². The lowest BCUT2D eigenvalue weighted by Crippen LogP contribution is -2.03. The second kappa shape index (κ2) is 6.55. The van der Waals surface area contributed by atoms with Gasteiger partial charge < -0.3 is 9.67 Å². The van der Waals surface area contributed by atoms with Crippen LogP contribution in [0.5, 0.6) is 0 Å². The Morgan fingerprint density at radius 2 is 1.64 bits per heavy atom. The molecule has 1 aromatic heterocycles. The van der Waals surface area contributed by atoms with Gasteiger partial charge in [-0.3, -0.25) is 0 Å². The molecular weight excluding hydrogens is 317 g/mol. The van der Waals surface area contributed by atoms with E-state index in [0.717, 1.165) is 16.9 Å². The minimum absolute atomic E-state index is 0.268. The summed E-state index contributed by atoms with van der Waals surface area (Å²) in [6, 6.07) is 14.0. The number of aromatic carboxylic acids is 1. The molecule has 0 aliphatic carbocycles. The predicted octanol–water partition coefficient (Wildman–Crippen LogP) is 5.16. The van der Waals surface area contributed by atoms with E-state index in [2.05, 4.69) is 0 Å². The molecule has 2 aromatic carbocycles. The van der Waals surface area contributed by atoms with E-state index in [0.29, 0.717) is 23.2 Å². The number of hydrogen-bond donors (Lipinski definition) is 1. The number of carboxylic acids is 1. The third-order valence-electron chi connectivity index (χ3n) is 4.48. The van der Waals surface area contributed by atoms with Crippen molar-refractivity contribution < 1.29 is 14.3 Å². The molecule has 0 aliphatic rings. The highest BCUT2D eigenvalue weighted by atomic mass is 19.1. The number of rotatable bonds is 4. The Kier molecular flexibility index (Phi) is 4.45. The number of halogens is 1. The molecule has 0 saturated heterocycles. The summed E-state index contributed by atoms with van der Waals surface area (Å²) in [7, 11) is 0. The highest BCUT2D eigenvalue weighted by Gasteiger charge is 2.25. The summed E-state index contributed by atoms with van der Waals surface area (Å²) in [6.07, 6.45) is 0.661. The van der Waals surface area contributed by atoms with Gasteiger partial charge >= 0.3 is 5.97 Å². The van der Waals surface area contributed by atoms with Gasteiger partial charge in [0.2, 0.25) is 0 Å². The molecule has 0 bridgehead atoms. The first-order chi connectivity index (χ1) is 11.9. The van der Waals surface area contributed by atoms with Gasteiger partial charge in [-0.2, -0.15) is 0 Å². The lowest BCUT2D eigenvalue weighted by molar-refractivity contribution is 0.0697. The van der Waals surface area contributed by atoms with Crippen molar-refractivity contribution in [3.63, 3.8) is 0 Å². The summed E-state index contributed by atoms with van der Waals surface area (Å²) in [5.41, 5.74) is 5.29. The van der Waals surface area contributed by atoms with Crippen LogP contribution in [0.4, 0.5) is 4.39 Å². The topological polar surface area (TPSA) is 42.2 Å². The molecule has 0 spiro atoms. The molecule has 3 aromatic rings. The van der Waals surface area contributed by atoms with Gasteiger partial charge in [-0.25, -0.2) is 9.18 Å². The molecule has 3 rings (SSSR count). The molecular formula is C21H20FNO2. The van der Waals surface area contributed by atoms with Crippen LogP contribution in [0, 0.1) is 19.7 Å². The van der Waals surface area contributed by atoms with E-state index in [1.54, 1.807) is 12.1 Å². The lowest BCUT2D eigenvalue weighted by atomic mass is 9.99. The van der Waals surface area contributed by atoms with Gasteiger partial charge in [0.15, 0.2) is 0 Å². The van der Waals surface area contributed by atoms with Crippen LogP contribution in [0.2, 0.25) is 0 Å². The van der Waals surface area contributed by atoms with Crippen LogP contribution < -0.4 is 0 Å². The van der Waals surface area contributed by atoms with E-state index in [9.17, 15) is 14.3 Å². The van der Waals surface area contributed by atoms with Crippen molar-refractivity contribution in [3.8, 4) is 16.8 Å². The fourth-order valence-corrected chi connectivity index (χ4v) is 3.32. The maximum Gasteiger partial charge on any atom is 0.338 e. The normalized spacial score (nSPS) is 10.9. The van der Waals surface area contributed by atoms with E-state index in [-0.39, 0.29) is 11.4 Å². The summed E-state index contributed by atoms with van der Waals surface area (Å²) < 4.78 is 15.3. The van der Waals surface area contributed by atoms with Crippen LogP contribution in [-0.4, -0.2) is 15.6 Å². The molecule has 0 atom stereocenters. The largest absolute Gasteiger partial charge is 0.478 e. The first-order valence-corrected chi connectivity index (χ1v) is 8.24. The highest BCUT2D eigenvalue weighted by molar-refractivity contribution is 5.99. The lowest BCUT2D eigenvalue weighted by Gasteiger charge is -2.12. The molecule has 0 radical (unpaired) electrons. The molecule has 1 heterocycles. The number of nitrogens with zero attached hydrogens (tertiary/aromatic N) is 1. The monoisotopic (exact) mass is 337 g/mol. The maximum atomic E-state index is 13.3. The standard InChI is InChI=1S/C21H20FNO2/c1-4-18-20(15-7-9-16(22)10-8-15)19(21(24)25)14(3)23(18)17-11-5-13(2)6-12-17/h5-12H,4H2,1-3H3,(H,24,25). The van der Waals surface area contributed by atoms with Crippen molar-refractivity contribution in [2.75, 3.05) is 0 Å². The van der Waals surface area contributed by atoms with Crippen LogP contribution in [0.15, 0.2) is 48.5 Å². The summed E-state index contributed by atoms with van der Waals surface area (Å²) in [5.74, 6) is -1.31. The first kappa shape index (κ1) is 17.0. The van der Waals surface area contributed by atoms with Crippen LogP contribution in [-0.2, 0) is 6.42 Å². The predicted molar refractivity (Wildman–Crippen MR) is 97.0 cm³/mol.